The summed E-state index contributed by atoms with van der Waals surface area (Å²) in [5.41, 5.74) is 7.39. The van der Waals surface area contributed by atoms with Crippen LogP contribution < -0.4 is 5.73 Å². The van der Waals surface area contributed by atoms with E-state index in [-0.39, 0.29) is 6.42 Å². The molecule has 0 heterocycles. The van der Waals surface area contributed by atoms with Crippen LogP contribution in [0.2, 0.25) is 0 Å². The van der Waals surface area contributed by atoms with Crippen molar-refractivity contribution < 1.29 is 25.9 Å². The number of nitrogens with two attached hydrogens (primary N) is 1. The number of hydrogen-bond donors (Lipinski definition) is 3. The smallest absolute Gasteiger partial charge is 0.268 e. The Bertz CT molecular complexity index is 661. The van der Waals surface area contributed by atoms with Crippen molar-refractivity contribution in [3.63, 3.8) is 0 Å². The van der Waals surface area contributed by atoms with E-state index in [9.17, 15) is 21.4 Å². The second-order valence-corrected chi connectivity index (χ2v) is 7.83. The summed E-state index contributed by atoms with van der Waals surface area (Å²) in [6.45, 7) is 1.73. The molecule has 20 heavy (non-hydrogen) atoms. The van der Waals surface area contributed by atoms with Gasteiger partial charge < -0.3 is 5.73 Å². The van der Waals surface area contributed by atoms with Crippen molar-refractivity contribution in [2.75, 3.05) is 11.5 Å². The molecule has 9 heteroatoms. The Morgan fingerprint density at radius 1 is 1.20 bits per heavy atom. The van der Waals surface area contributed by atoms with Crippen LogP contribution in [0.5, 0.6) is 0 Å². The van der Waals surface area contributed by atoms with Gasteiger partial charge in [0.1, 0.15) is 0 Å². The maximum atomic E-state index is 11.3. The van der Waals surface area contributed by atoms with Crippen LogP contribution >= 0.6 is 0 Å². The van der Waals surface area contributed by atoms with E-state index in [2.05, 4.69) is 0 Å². The van der Waals surface area contributed by atoms with Gasteiger partial charge in [0.15, 0.2) is 0 Å². The molecule has 0 aliphatic carbocycles. The summed E-state index contributed by atoms with van der Waals surface area (Å²) in [4.78, 5) is 0. The first-order valence-corrected chi connectivity index (χ1v) is 8.87. The van der Waals surface area contributed by atoms with Gasteiger partial charge in [-0.2, -0.15) is 16.8 Å². The van der Waals surface area contributed by atoms with Crippen molar-refractivity contribution >= 4 is 25.9 Å². The molecule has 1 atom stereocenters. The van der Waals surface area contributed by atoms with E-state index in [1.54, 1.807) is 25.1 Å². The van der Waals surface area contributed by atoms with Crippen LogP contribution in [0, 0.1) is 6.92 Å². The van der Waals surface area contributed by atoms with Gasteiger partial charge in [-0.1, -0.05) is 12.1 Å². The lowest BCUT2D eigenvalue weighted by atomic mass is 10.0. The molecular weight excluding hydrogens is 306 g/mol. The predicted octanol–water partition coefficient (Wildman–Crippen LogP) is 0.654. The van der Waals surface area contributed by atoms with E-state index >= 15 is 0 Å². The summed E-state index contributed by atoms with van der Waals surface area (Å²) in [7, 11) is -8.75. The molecule has 1 rings (SSSR count). The van der Waals surface area contributed by atoms with E-state index in [1.165, 1.54) is 0 Å². The summed E-state index contributed by atoms with van der Waals surface area (Å²) in [6.07, 6.45) is -0.529. The molecule has 0 bridgehead atoms. The highest BCUT2D eigenvalue weighted by Gasteiger charge is 2.26. The minimum absolute atomic E-state index is 0.118. The molecule has 0 aliphatic rings. The Morgan fingerprint density at radius 3 is 2.25 bits per heavy atom. The topological polar surface area (TPSA) is 135 Å². The lowest BCUT2D eigenvalue weighted by Crippen LogP contribution is -2.26. The molecular formula is C11H17NO6S2. The van der Waals surface area contributed by atoms with Crippen molar-refractivity contribution in [3.05, 3.63) is 29.3 Å². The number of hydrogen-bond acceptors (Lipinski definition) is 5. The molecule has 0 saturated carbocycles. The first-order valence-electron chi connectivity index (χ1n) is 5.76. The highest BCUT2D eigenvalue weighted by Crippen LogP contribution is 2.22. The Kier molecular flexibility index (Phi) is 5.14. The molecule has 0 fully saturated rings. The van der Waals surface area contributed by atoms with Crippen molar-refractivity contribution in [2.45, 2.75) is 25.0 Å². The second-order valence-electron chi connectivity index (χ2n) is 4.56. The molecule has 0 spiro atoms. The SMILES string of the molecule is Cc1cccc(N)c1CC(CCS(=O)(=O)O)S(=O)(=O)O. The van der Waals surface area contributed by atoms with Crippen LogP contribution in [-0.4, -0.2) is 36.9 Å². The Hall–Kier alpha value is -1.16. The summed E-state index contributed by atoms with van der Waals surface area (Å²) in [6, 6.07) is 5.02. The zero-order valence-electron chi connectivity index (χ0n) is 10.9. The molecule has 0 aromatic heterocycles. The minimum Gasteiger partial charge on any atom is -0.398 e. The Balaban J connectivity index is 3.03. The molecule has 0 aliphatic heterocycles. The number of anilines is 1. The number of aryl methyl sites for hydroxylation is 1. The molecule has 0 amide bonds. The average molecular weight is 323 g/mol. The van der Waals surface area contributed by atoms with Gasteiger partial charge in [0, 0.05) is 5.69 Å². The highest BCUT2D eigenvalue weighted by molar-refractivity contribution is 7.87. The van der Waals surface area contributed by atoms with Gasteiger partial charge in [-0.05, 0) is 37.0 Å². The quantitative estimate of drug-likeness (QED) is 0.517. The van der Waals surface area contributed by atoms with Crippen molar-refractivity contribution in [1.82, 2.24) is 0 Å². The van der Waals surface area contributed by atoms with Crippen LogP contribution in [-0.2, 0) is 26.7 Å². The van der Waals surface area contributed by atoms with E-state index in [0.29, 0.717) is 11.3 Å². The molecule has 7 nitrogen and oxygen atoms in total. The predicted molar refractivity (Wildman–Crippen MR) is 75.7 cm³/mol. The molecule has 1 unspecified atom stereocenters. The molecule has 114 valence electrons. The second kappa shape index (κ2) is 6.08. The van der Waals surface area contributed by atoms with E-state index in [1.807, 2.05) is 0 Å². The van der Waals surface area contributed by atoms with Gasteiger partial charge >= 0.3 is 0 Å². The fraction of sp³-hybridized carbons (Fsp3) is 0.455. The van der Waals surface area contributed by atoms with Crippen LogP contribution in [0.4, 0.5) is 5.69 Å². The molecule has 1 aromatic carbocycles. The number of rotatable bonds is 6. The third-order valence-corrected chi connectivity index (χ3v) is 4.99. The lowest BCUT2D eigenvalue weighted by Gasteiger charge is -2.16. The maximum Gasteiger partial charge on any atom is 0.268 e. The van der Waals surface area contributed by atoms with Crippen LogP contribution in [0.1, 0.15) is 17.5 Å². The molecule has 4 N–H and O–H groups in total. The van der Waals surface area contributed by atoms with Gasteiger partial charge in [-0.15, -0.1) is 0 Å². The van der Waals surface area contributed by atoms with Crippen molar-refractivity contribution in [3.8, 4) is 0 Å². The summed E-state index contributed by atoms with van der Waals surface area (Å²) >= 11 is 0. The van der Waals surface area contributed by atoms with Gasteiger partial charge in [0.2, 0.25) is 0 Å². The van der Waals surface area contributed by atoms with Gasteiger partial charge in [0.25, 0.3) is 20.2 Å². The van der Waals surface area contributed by atoms with Crippen molar-refractivity contribution in [2.24, 2.45) is 0 Å². The standard InChI is InChI=1S/C11H17NO6S2/c1-8-3-2-4-11(12)10(8)7-9(20(16,17)18)5-6-19(13,14)15/h2-4,9H,5-7,12H2,1H3,(H,13,14,15)(H,16,17,18). The zero-order valence-corrected chi connectivity index (χ0v) is 12.5. The van der Waals surface area contributed by atoms with Crippen LogP contribution in [0.3, 0.4) is 0 Å². The maximum absolute atomic E-state index is 11.3. The summed E-state index contributed by atoms with van der Waals surface area (Å²) < 4.78 is 61.9. The number of nitrogen functional groups attached to an aromatic ring is 1. The lowest BCUT2D eigenvalue weighted by molar-refractivity contribution is 0.459. The number of benzene rings is 1. The molecule has 1 aromatic rings. The first-order chi connectivity index (χ1) is 9.00. The Morgan fingerprint density at radius 2 is 1.80 bits per heavy atom. The summed E-state index contributed by atoms with van der Waals surface area (Å²) in [5.74, 6) is -0.747. The largest absolute Gasteiger partial charge is 0.398 e. The van der Waals surface area contributed by atoms with Crippen LogP contribution in [0.25, 0.3) is 0 Å². The van der Waals surface area contributed by atoms with E-state index in [0.717, 1.165) is 5.56 Å². The zero-order chi connectivity index (χ0) is 15.6. The molecule has 0 radical (unpaired) electrons. The van der Waals surface area contributed by atoms with Gasteiger partial charge in [-0.3, -0.25) is 9.11 Å². The van der Waals surface area contributed by atoms with Gasteiger partial charge in [0.05, 0.1) is 11.0 Å². The van der Waals surface area contributed by atoms with E-state index in [4.69, 9.17) is 10.3 Å². The fourth-order valence-corrected chi connectivity index (χ4v) is 3.39. The summed E-state index contributed by atoms with van der Waals surface area (Å²) in [5, 5.41) is -1.34. The van der Waals surface area contributed by atoms with E-state index < -0.39 is 37.7 Å². The molecule has 0 saturated heterocycles. The highest BCUT2D eigenvalue weighted by atomic mass is 32.2. The van der Waals surface area contributed by atoms with Gasteiger partial charge in [-0.25, -0.2) is 0 Å². The average Bonchev–Trinajstić information content (AvgIpc) is 2.24. The third-order valence-electron chi connectivity index (χ3n) is 3.00. The first kappa shape index (κ1) is 16.9. The normalized spacial score (nSPS) is 14.2. The fourth-order valence-electron chi connectivity index (χ4n) is 1.87. The third kappa shape index (κ3) is 5.08. The van der Waals surface area contributed by atoms with Crippen molar-refractivity contribution in [1.29, 1.82) is 0 Å². The minimum atomic E-state index is -4.45. The Labute approximate surface area is 118 Å². The van der Waals surface area contributed by atoms with Crippen LogP contribution in [0.15, 0.2) is 18.2 Å². The monoisotopic (exact) mass is 323 g/mol.